The predicted molar refractivity (Wildman–Crippen MR) is 102 cm³/mol. The summed E-state index contributed by atoms with van der Waals surface area (Å²) in [6, 6.07) is 1.26. The van der Waals surface area contributed by atoms with E-state index in [0.29, 0.717) is 23.4 Å². The third kappa shape index (κ3) is 4.09. The van der Waals surface area contributed by atoms with E-state index in [1.165, 1.54) is 19.4 Å². The van der Waals surface area contributed by atoms with E-state index in [9.17, 15) is 0 Å². The maximum absolute atomic E-state index is 2.65. The van der Waals surface area contributed by atoms with E-state index in [1.807, 2.05) is 0 Å². The molecular formula is C21H38N2. The van der Waals surface area contributed by atoms with Crippen LogP contribution < -0.4 is 0 Å². The van der Waals surface area contributed by atoms with Crippen molar-refractivity contribution in [1.82, 2.24) is 9.80 Å². The Morgan fingerprint density at radius 3 is 2.26 bits per heavy atom. The average Bonchev–Trinajstić information content (AvgIpc) is 3.02. The number of hydrogen-bond donors (Lipinski definition) is 0. The Hall–Kier alpha value is -0.600. The van der Waals surface area contributed by atoms with Gasteiger partial charge in [0.05, 0.1) is 0 Å². The van der Waals surface area contributed by atoms with Crippen LogP contribution in [0.1, 0.15) is 61.3 Å². The van der Waals surface area contributed by atoms with Gasteiger partial charge in [-0.2, -0.15) is 0 Å². The summed E-state index contributed by atoms with van der Waals surface area (Å²) in [6.45, 7) is 21.2. The molecule has 2 aliphatic heterocycles. The molecule has 0 aliphatic carbocycles. The molecule has 2 heteroatoms. The molecular weight excluding hydrogens is 280 g/mol. The lowest BCUT2D eigenvalue weighted by molar-refractivity contribution is 0.235. The second kappa shape index (κ2) is 7.53. The molecule has 2 aliphatic rings. The number of nitrogens with zero attached hydrogens (tertiary/aromatic N) is 2. The molecule has 0 fully saturated rings. The fraction of sp³-hybridized carbons (Fsp3) is 0.810. The Bertz CT molecular complexity index is 458. The molecule has 0 aromatic rings. The molecule has 2 rings (SSSR count). The van der Waals surface area contributed by atoms with E-state index in [4.69, 9.17) is 0 Å². The van der Waals surface area contributed by atoms with Crippen LogP contribution in [0.2, 0.25) is 0 Å². The van der Waals surface area contributed by atoms with Crippen LogP contribution in [0.3, 0.4) is 0 Å². The monoisotopic (exact) mass is 318 g/mol. The Kier molecular flexibility index (Phi) is 6.13. The molecule has 0 spiro atoms. The smallest absolute Gasteiger partial charge is 0.0288 e. The molecule has 132 valence electrons. The summed E-state index contributed by atoms with van der Waals surface area (Å²) in [6.07, 6.45) is 7.54. The molecule has 0 N–H and O–H groups in total. The van der Waals surface area contributed by atoms with Gasteiger partial charge in [-0.1, -0.05) is 57.9 Å². The summed E-state index contributed by atoms with van der Waals surface area (Å²) >= 11 is 0. The van der Waals surface area contributed by atoms with Crippen molar-refractivity contribution in [1.29, 1.82) is 0 Å². The molecule has 2 heterocycles. The normalized spacial score (nSPS) is 27.0. The van der Waals surface area contributed by atoms with E-state index >= 15 is 0 Å². The van der Waals surface area contributed by atoms with E-state index in [1.54, 1.807) is 11.1 Å². The summed E-state index contributed by atoms with van der Waals surface area (Å²) in [5.41, 5.74) is 3.63. The second-order valence-electron chi connectivity index (χ2n) is 8.44. The van der Waals surface area contributed by atoms with Crippen molar-refractivity contribution < 1.29 is 0 Å². The van der Waals surface area contributed by atoms with Gasteiger partial charge in [-0.25, -0.2) is 0 Å². The van der Waals surface area contributed by atoms with Crippen molar-refractivity contribution in [3.8, 4) is 0 Å². The number of hydrogen-bond acceptors (Lipinski definition) is 2. The Labute approximate surface area is 144 Å². The van der Waals surface area contributed by atoms with Crippen LogP contribution in [0, 0.1) is 11.3 Å². The van der Waals surface area contributed by atoms with Crippen molar-refractivity contribution in [3.63, 3.8) is 0 Å². The highest BCUT2D eigenvalue weighted by Gasteiger charge is 2.33. The van der Waals surface area contributed by atoms with Crippen LogP contribution in [0.25, 0.3) is 0 Å². The van der Waals surface area contributed by atoms with Crippen LogP contribution in [-0.4, -0.2) is 48.1 Å². The van der Waals surface area contributed by atoms with Gasteiger partial charge in [0.15, 0.2) is 0 Å². The standard InChI is InChI=1S/C21H38N2/c1-8-22-15-11-20(18(22)5)21(6,7)12-9-13-23-14-10-19(16(2)3)17(23)4/h10-11,16-18H,8-9,12-15H2,1-7H3/t17-,18+/m1/s1. The van der Waals surface area contributed by atoms with Crippen LogP contribution >= 0.6 is 0 Å². The van der Waals surface area contributed by atoms with Gasteiger partial charge in [0.2, 0.25) is 0 Å². The summed E-state index contributed by atoms with van der Waals surface area (Å²) in [7, 11) is 0. The minimum absolute atomic E-state index is 0.334. The molecule has 2 atom stereocenters. The third-order valence-electron chi connectivity index (χ3n) is 6.24. The van der Waals surface area contributed by atoms with Crippen molar-refractivity contribution in [3.05, 3.63) is 23.3 Å². The van der Waals surface area contributed by atoms with Gasteiger partial charge >= 0.3 is 0 Å². The van der Waals surface area contributed by atoms with Gasteiger partial charge in [0, 0.05) is 25.2 Å². The molecule has 2 nitrogen and oxygen atoms in total. The topological polar surface area (TPSA) is 6.48 Å². The van der Waals surface area contributed by atoms with E-state index in [-0.39, 0.29) is 0 Å². The van der Waals surface area contributed by atoms with Crippen molar-refractivity contribution in [2.45, 2.75) is 73.4 Å². The summed E-state index contributed by atoms with van der Waals surface area (Å²) in [5.74, 6) is 0.691. The SMILES string of the molecule is CCN1CC=C(C(C)(C)CCCN2CC=C(C(C)C)[C@H]2C)[C@@H]1C. The number of likely N-dealkylation sites (N-methyl/N-ethyl adjacent to an activating group) is 1. The van der Waals surface area contributed by atoms with Crippen molar-refractivity contribution in [2.75, 3.05) is 26.2 Å². The lowest BCUT2D eigenvalue weighted by Crippen LogP contribution is -2.34. The van der Waals surface area contributed by atoms with Gasteiger partial charge in [0.1, 0.15) is 0 Å². The minimum Gasteiger partial charge on any atom is -0.294 e. The van der Waals surface area contributed by atoms with Crippen molar-refractivity contribution >= 4 is 0 Å². The predicted octanol–water partition coefficient (Wildman–Crippen LogP) is 4.73. The third-order valence-corrected chi connectivity index (χ3v) is 6.24. The molecule has 0 unspecified atom stereocenters. The molecule has 0 aromatic heterocycles. The maximum atomic E-state index is 2.65. The zero-order valence-corrected chi connectivity index (χ0v) is 16.5. The number of rotatable bonds is 7. The van der Waals surface area contributed by atoms with Gasteiger partial charge in [-0.3, -0.25) is 9.80 Å². The lowest BCUT2D eigenvalue weighted by Gasteiger charge is -2.33. The minimum atomic E-state index is 0.334. The molecule has 0 amide bonds. The van der Waals surface area contributed by atoms with Crippen LogP contribution in [0.15, 0.2) is 23.3 Å². The summed E-state index contributed by atoms with van der Waals surface area (Å²) in [4.78, 5) is 5.22. The largest absolute Gasteiger partial charge is 0.294 e. The fourth-order valence-electron chi connectivity index (χ4n) is 4.62. The average molecular weight is 319 g/mol. The highest BCUT2D eigenvalue weighted by molar-refractivity contribution is 5.24. The van der Waals surface area contributed by atoms with Gasteiger partial charge < -0.3 is 0 Å². The van der Waals surface area contributed by atoms with E-state index in [2.05, 4.69) is 70.4 Å². The van der Waals surface area contributed by atoms with Gasteiger partial charge in [-0.05, 0) is 51.1 Å². The first-order valence-corrected chi connectivity index (χ1v) is 9.66. The zero-order valence-electron chi connectivity index (χ0n) is 16.5. The molecule has 0 saturated carbocycles. The lowest BCUT2D eigenvalue weighted by atomic mass is 9.77. The van der Waals surface area contributed by atoms with Crippen molar-refractivity contribution in [2.24, 2.45) is 11.3 Å². The Balaban J connectivity index is 1.82. The van der Waals surface area contributed by atoms with E-state index in [0.717, 1.165) is 19.6 Å². The summed E-state index contributed by atoms with van der Waals surface area (Å²) < 4.78 is 0. The maximum Gasteiger partial charge on any atom is 0.0288 e. The Morgan fingerprint density at radius 1 is 1.09 bits per heavy atom. The van der Waals surface area contributed by atoms with Crippen LogP contribution in [0.5, 0.6) is 0 Å². The molecule has 0 aromatic carbocycles. The molecule has 23 heavy (non-hydrogen) atoms. The van der Waals surface area contributed by atoms with E-state index < -0.39 is 0 Å². The second-order valence-corrected chi connectivity index (χ2v) is 8.44. The molecule has 0 saturated heterocycles. The zero-order chi connectivity index (χ0) is 17.2. The van der Waals surface area contributed by atoms with Gasteiger partial charge in [0.25, 0.3) is 0 Å². The first-order chi connectivity index (χ1) is 10.8. The quantitative estimate of drug-likeness (QED) is 0.626. The van der Waals surface area contributed by atoms with Crippen LogP contribution in [-0.2, 0) is 0 Å². The molecule has 0 radical (unpaired) electrons. The summed E-state index contributed by atoms with van der Waals surface area (Å²) in [5, 5.41) is 0. The fourth-order valence-corrected chi connectivity index (χ4v) is 4.62. The first kappa shape index (κ1) is 18.7. The van der Waals surface area contributed by atoms with Crippen LogP contribution in [0.4, 0.5) is 0 Å². The Morgan fingerprint density at radius 2 is 1.74 bits per heavy atom. The first-order valence-electron chi connectivity index (χ1n) is 9.66. The highest BCUT2D eigenvalue weighted by Crippen LogP contribution is 2.38. The molecule has 0 bridgehead atoms. The highest BCUT2D eigenvalue weighted by atomic mass is 15.2. The van der Waals surface area contributed by atoms with Gasteiger partial charge in [-0.15, -0.1) is 0 Å².